The van der Waals surface area contributed by atoms with E-state index in [0.29, 0.717) is 25.3 Å². The second kappa shape index (κ2) is 9.07. The molecule has 0 aliphatic carbocycles. The Morgan fingerprint density at radius 1 is 1.47 bits per heavy atom. The highest BCUT2D eigenvalue weighted by molar-refractivity contribution is 5.76. The quantitative estimate of drug-likeness (QED) is 0.635. The van der Waals surface area contributed by atoms with E-state index in [0.717, 1.165) is 12.8 Å². The Kier molecular flexibility index (Phi) is 8.53. The van der Waals surface area contributed by atoms with Gasteiger partial charge in [-0.3, -0.25) is 4.79 Å². The van der Waals surface area contributed by atoms with Crippen molar-refractivity contribution < 1.29 is 4.79 Å². The van der Waals surface area contributed by atoms with Crippen LogP contribution in [-0.4, -0.2) is 18.5 Å². The molecule has 0 radical (unpaired) electrons. The third-order valence-corrected chi connectivity index (χ3v) is 2.83. The molecule has 0 aromatic rings. The van der Waals surface area contributed by atoms with E-state index in [2.05, 4.69) is 25.1 Å². The Balaban J connectivity index is 4.09. The normalized spacial score (nSPS) is 14.1. The van der Waals surface area contributed by atoms with Gasteiger partial charge in [0, 0.05) is 18.9 Å². The molecule has 3 heteroatoms. The zero-order valence-electron chi connectivity index (χ0n) is 11.3. The fourth-order valence-corrected chi connectivity index (χ4v) is 1.92. The summed E-state index contributed by atoms with van der Waals surface area (Å²) >= 11 is 0. The molecule has 3 nitrogen and oxygen atoms in total. The summed E-state index contributed by atoms with van der Waals surface area (Å²) in [7, 11) is 0. The van der Waals surface area contributed by atoms with Crippen LogP contribution in [0.2, 0.25) is 0 Å². The minimum atomic E-state index is 0.0724. The van der Waals surface area contributed by atoms with Crippen LogP contribution in [0.5, 0.6) is 0 Å². The molecule has 2 atom stereocenters. The average molecular weight is 238 g/mol. The molecule has 1 amide bonds. The molecule has 0 aliphatic heterocycles. The summed E-state index contributed by atoms with van der Waals surface area (Å²) < 4.78 is 0. The van der Waals surface area contributed by atoms with E-state index in [4.69, 9.17) is 12.2 Å². The number of nitrogens with two attached hydrogens (primary N) is 1. The number of carbonyl (C=O) groups is 1. The van der Waals surface area contributed by atoms with E-state index in [9.17, 15) is 4.79 Å². The Hall–Kier alpha value is -1.01. The summed E-state index contributed by atoms with van der Waals surface area (Å²) in [4.78, 5) is 11.8. The molecular weight excluding hydrogens is 212 g/mol. The summed E-state index contributed by atoms with van der Waals surface area (Å²) in [6.45, 7) is 6.88. The molecule has 98 valence electrons. The highest BCUT2D eigenvalue weighted by atomic mass is 16.1. The molecule has 0 aromatic heterocycles. The van der Waals surface area contributed by atoms with E-state index in [1.165, 1.54) is 0 Å². The standard InChI is InChI=1S/C14H26N2O/c1-5-7-13(6-2)16-14(17)9-12(10-15)8-11(3)4/h1,11-13H,6-10,15H2,2-4H3,(H,16,17). The fraction of sp³-hybridized carbons (Fsp3) is 0.786. The number of terminal acetylenes is 1. The first-order chi connectivity index (χ1) is 8.03. The summed E-state index contributed by atoms with van der Waals surface area (Å²) in [5.41, 5.74) is 5.68. The lowest BCUT2D eigenvalue weighted by Gasteiger charge is -2.19. The van der Waals surface area contributed by atoms with Crippen LogP contribution in [0.4, 0.5) is 0 Å². The molecule has 0 aliphatic rings. The van der Waals surface area contributed by atoms with Crippen molar-refractivity contribution in [3.63, 3.8) is 0 Å². The van der Waals surface area contributed by atoms with Crippen LogP contribution < -0.4 is 11.1 Å². The first-order valence-corrected chi connectivity index (χ1v) is 6.46. The summed E-state index contributed by atoms with van der Waals surface area (Å²) in [6, 6.07) is 0.102. The van der Waals surface area contributed by atoms with Crippen LogP contribution in [0.25, 0.3) is 0 Å². The molecule has 0 spiro atoms. The maximum Gasteiger partial charge on any atom is 0.220 e. The van der Waals surface area contributed by atoms with Crippen molar-refractivity contribution in [3.05, 3.63) is 0 Å². The lowest BCUT2D eigenvalue weighted by atomic mass is 9.94. The van der Waals surface area contributed by atoms with Gasteiger partial charge in [0.25, 0.3) is 0 Å². The van der Waals surface area contributed by atoms with Gasteiger partial charge in [-0.2, -0.15) is 0 Å². The maximum absolute atomic E-state index is 11.8. The maximum atomic E-state index is 11.8. The highest BCUT2D eigenvalue weighted by Gasteiger charge is 2.16. The van der Waals surface area contributed by atoms with Gasteiger partial charge >= 0.3 is 0 Å². The van der Waals surface area contributed by atoms with Gasteiger partial charge in [-0.15, -0.1) is 12.3 Å². The summed E-state index contributed by atoms with van der Waals surface area (Å²) in [5.74, 6) is 3.51. The van der Waals surface area contributed by atoms with Gasteiger partial charge in [0.2, 0.25) is 5.91 Å². The fourth-order valence-electron chi connectivity index (χ4n) is 1.92. The van der Waals surface area contributed by atoms with Crippen molar-refractivity contribution in [1.29, 1.82) is 0 Å². The first kappa shape index (κ1) is 16.0. The predicted molar refractivity (Wildman–Crippen MR) is 72.3 cm³/mol. The molecule has 0 rings (SSSR count). The van der Waals surface area contributed by atoms with E-state index >= 15 is 0 Å². The Labute approximate surface area is 106 Å². The third kappa shape index (κ3) is 7.82. The zero-order valence-corrected chi connectivity index (χ0v) is 11.3. The van der Waals surface area contributed by atoms with Crippen LogP contribution in [0.3, 0.4) is 0 Å². The van der Waals surface area contributed by atoms with E-state index in [1.54, 1.807) is 0 Å². The molecular formula is C14H26N2O. The van der Waals surface area contributed by atoms with Gasteiger partial charge in [-0.05, 0) is 31.2 Å². The van der Waals surface area contributed by atoms with Gasteiger partial charge < -0.3 is 11.1 Å². The SMILES string of the molecule is C#CCC(CC)NC(=O)CC(CN)CC(C)C. The average Bonchev–Trinajstić information content (AvgIpc) is 2.26. The molecule has 0 aromatic carbocycles. The number of hydrogen-bond acceptors (Lipinski definition) is 2. The van der Waals surface area contributed by atoms with Gasteiger partial charge in [0.05, 0.1) is 0 Å². The Morgan fingerprint density at radius 3 is 2.53 bits per heavy atom. The predicted octanol–water partition coefficient (Wildman–Crippen LogP) is 1.92. The zero-order chi connectivity index (χ0) is 13.3. The van der Waals surface area contributed by atoms with Crippen molar-refractivity contribution in [1.82, 2.24) is 5.32 Å². The topological polar surface area (TPSA) is 55.1 Å². The van der Waals surface area contributed by atoms with Crippen molar-refractivity contribution in [2.75, 3.05) is 6.54 Å². The van der Waals surface area contributed by atoms with Gasteiger partial charge in [-0.1, -0.05) is 20.8 Å². The number of amides is 1. The van der Waals surface area contributed by atoms with Crippen LogP contribution in [0.1, 0.15) is 46.5 Å². The molecule has 0 fully saturated rings. The minimum absolute atomic E-state index is 0.0724. The van der Waals surface area contributed by atoms with Crippen LogP contribution in [0, 0.1) is 24.2 Å². The lowest BCUT2D eigenvalue weighted by molar-refractivity contribution is -0.122. The molecule has 17 heavy (non-hydrogen) atoms. The van der Waals surface area contributed by atoms with E-state index in [-0.39, 0.29) is 17.9 Å². The highest BCUT2D eigenvalue weighted by Crippen LogP contribution is 2.14. The molecule has 3 N–H and O–H groups in total. The second-order valence-electron chi connectivity index (χ2n) is 5.02. The summed E-state index contributed by atoms with van der Waals surface area (Å²) in [6.07, 6.45) is 8.22. The number of carbonyl (C=O) groups excluding carboxylic acids is 1. The first-order valence-electron chi connectivity index (χ1n) is 6.46. The molecule has 0 saturated carbocycles. The molecule has 0 heterocycles. The van der Waals surface area contributed by atoms with Gasteiger partial charge in [-0.25, -0.2) is 0 Å². The van der Waals surface area contributed by atoms with E-state index in [1.807, 2.05) is 6.92 Å². The minimum Gasteiger partial charge on any atom is -0.352 e. The van der Waals surface area contributed by atoms with Gasteiger partial charge in [0.15, 0.2) is 0 Å². The lowest BCUT2D eigenvalue weighted by Crippen LogP contribution is -2.36. The Bertz CT molecular complexity index is 255. The van der Waals surface area contributed by atoms with Crippen LogP contribution in [0.15, 0.2) is 0 Å². The van der Waals surface area contributed by atoms with Crippen LogP contribution in [-0.2, 0) is 4.79 Å². The molecule has 0 bridgehead atoms. The second-order valence-corrected chi connectivity index (χ2v) is 5.02. The third-order valence-electron chi connectivity index (χ3n) is 2.83. The van der Waals surface area contributed by atoms with Crippen molar-refractivity contribution in [2.45, 2.75) is 52.5 Å². The Morgan fingerprint density at radius 2 is 2.12 bits per heavy atom. The van der Waals surface area contributed by atoms with E-state index < -0.39 is 0 Å². The number of nitrogens with one attached hydrogen (secondary N) is 1. The largest absolute Gasteiger partial charge is 0.352 e. The number of hydrogen-bond donors (Lipinski definition) is 2. The van der Waals surface area contributed by atoms with Crippen molar-refractivity contribution >= 4 is 5.91 Å². The van der Waals surface area contributed by atoms with Gasteiger partial charge in [0.1, 0.15) is 0 Å². The monoisotopic (exact) mass is 238 g/mol. The smallest absolute Gasteiger partial charge is 0.220 e. The van der Waals surface area contributed by atoms with Crippen molar-refractivity contribution in [3.8, 4) is 12.3 Å². The van der Waals surface area contributed by atoms with Crippen molar-refractivity contribution in [2.24, 2.45) is 17.6 Å². The molecule has 2 unspecified atom stereocenters. The molecule has 0 saturated heterocycles. The van der Waals surface area contributed by atoms with Crippen LogP contribution >= 0.6 is 0 Å². The summed E-state index contributed by atoms with van der Waals surface area (Å²) in [5, 5.41) is 2.97. The number of rotatable bonds is 8.